The highest BCUT2D eigenvalue weighted by Crippen LogP contribution is 2.17. The lowest BCUT2D eigenvalue weighted by atomic mass is 10.3. The first-order valence-corrected chi connectivity index (χ1v) is 6.65. The number of carbonyl (C=O) groups excluding carboxylic acids is 2. The molecule has 0 aliphatic carbocycles. The zero-order valence-electron chi connectivity index (χ0n) is 10.9. The molecule has 0 unspecified atom stereocenters. The van der Waals surface area contributed by atoms with Crippen molar-refractivity contribution in [3.05, 3.63) is 58.6 Å². The minimum Gasteiger partial charge on any atom is -0.408 e. The Balaban J connectivity index is 1.87. The molecule has 2 aromatic rings. The lowest BCUT2D eigenvalue weighted by molar-refractivity contribution is 0.200. The molecule has 0 heterocycles. The van der Waals surface area contributed by atoms with Crippen LogP contribution in [0.2, 0.25) is 10.0 Å². The second-order valence-electron chi connectivity index (χ2n) is 3.84. The summed E-state index contributed by atoms with van der Waals surface area (Å²) in [5.41, 5.74) is 0. The molecule has 8 heteroatoms. The van der Waals surface area contributed by atoms with Gasteiger partial charge in [-0.05, 0) is 48.5 Å². The molecule has 22 heavy (non-hydrogen) atoms. The smallest absolute Gasteiger partial charge is 0.408 e. The highest BCUT2D eigenvalue weighted by atomic mass is 35.5. The topological polar surface area (TPSA) is 77.3 Å². The van der Waals surface area contributed by atoms with Crippen LogP contribution in [0.1, 0.15) is 0 Å². The van der Waals surface area contributed by atoms with Crippen LogP contribution in [0, 0.1) is 0 Å². The quantitative estimate of drug-likeness (QED) is 0.710. The molecule has 6 nitrogen and oxygen atoms in total. The van der Waals surface area contributed by atoms with E-state index in [1.807, 2.05) is 0 Å². The maximum absolute atomic E-state index is 11.4. The van der Waals surface area contributed by atoms with Crippen LogP contribution in [-0.4, -0.2) is 12.2 Å². The lowest BCUT2D eigenvalue weighted by Crippen LogP contribution is -2.05. The Hall–Kier alpha value is -2.44. The third-order valence-corrected chi connectivity index (χ3v) is 2.75. The van der Waals surface area contributed by atoms with E-state index < -0.39 is 12.2 Å². The molecule has 2 rings (SSSR count). The van der Waals surface area contributed by atoms with Gasteiger partial charge in [-0.3, -0.25) is 0 Å². The summed E-state index contributed by atoms with van der Waals surface area (Å²) in [6.07, 6.45) is -2.12. The number of ether oxygens (including phenoxy) is 2. The monoisotopic (exact) mass is 338 g/mol. The Kier molecular flexibility index (Phi) is 5.46. The Labute approximate surface area is 135 Å². The average Bonchev–Trinajstić information content (AvgIpc) is 2.50. The highest BCUT2D eigenvalue weighted by molar-refractivity contribution is 6.30. The number of benzene rings is 2. The fourth-order valence-electron chi connectivity index (χ4n) is 1.33. The zero-order valence-corrected chi connectivity index (χ0v) is 12.4. The molecule has 0 atom stereocenters. The lowest BCUT2D eigenvalue weighted by Gasteiger charge is -2.00. The Morgan fingerprint density at radius 1 is 0.682 bits per heavy atom. The molecule has 2 aromatic carbocycles. The van der Waals surface area contributed by atoms with Crippen molar-refractivity contribution in [3.63, 3.8) is 0 Å². The minimum absolute atomic E-state index is 0.222. The highest BCUT2D eigenvalue weighted by Gasteiger charge is 2.07. The summed E-state index contributed by atoms with van der Waals surface area (Å²) < 4.78 is 9.60. The molecular formula is C14H8Cl2N2O4. The van der Waals surface area contributed by atoms with E-state index in [0.717, 1.165) is 0 Å². The van der Waals surface area contributed by atoms with E-state index in [0.29, 0.717) is 10.0 Å². The van der Waals surface area contributed by atoms with Crippen molar-refractivity contribution in [2.24, 2.45) is 10.2 Å². The number of carbonyl (C=O) groups is 2. The second-order valence-corrected chi connectivity index (χ2v) is 4.72. The number of hydrogen-bond donors (Lipinski definition) is 0. The number of rotatable bonds is 2. The molecule has 0 spiro atoms. The molecule has 0 bridgehead atoms. The molecule has 0 aromatic heterocycles. The SMILES string of the molecule is O=C(/N=N/C(=O)Oc1ccc(Cl)cc1)Oc1ccc(Cl)cc1. The van der Waals surface area contributed by atoms with Gasteiger partial charge in [-0.1, -0.05) is 33.4 Å². The van der Waals surface area contributed by atoms with E-state index >= 15 is 0 Å². The van der Waals surface area contributed by atoms with Crippen LogP contribution in [0.15, 0.2) is 58.8 Å². The van der Waals surface area contributed by atoms with Crippen molar-refractivity contribution in [2.45, 2.75) is 0 Å². The summed E-state index contributed by atoms with van der Waals surface area (Å²) in [6, 6.07) is 12.0. The van der Waals surface area contributed by atoms with Crippen LogP contribution in [0.3, 0.4) is 0 Å². The maximum Gasteiger partial charge on any atom is 0.458 e. The van der Waals surface area contributed by atoms with E-state index in [1.165, 1.54) is 48.5 Å². The van der Waals surface area contributed by atoms with Gasteiger partial charge in [0, 0.05) is 10.0 Å². The number of amides is 2. The normalized spacial score (nSPS) is 10.5. The minimum atomic E-state index is -1.06. The molecule has 0 N–H and O–H groups in total. The first-order chi connectivity index (χ1) is 10.5. The standard InChI is InChI=1S/C14H8Cl2N2O4/c15-9-1-5-11(6-2-9)21-13(19)17-18-14(20)22-12-7-3-10(16)4-8-12/h1-8H/b18-17+. The second kappa shape index (κ2) is 7.53. The van der Waals surface area contributed by atoms with Crippen LogP contribution in [0.25, 0.3) is 0 Å². The Morgan fingerprint density at radius 3 is 1.32 bits per heavy atom. The molecule has 0 saturated carbocycles. The van der Waals surface area contributed by atoms with Crippen molar-refractivity contribution in [3.8, 4) is 11.5 Å². The van der Waals surface area contributed by atoms with E-state index in [4.69, 9.17) is 32.7 Å². The first kappa shape index (κ1) is 15.9. The van der Waals surface area contributed by atoms with Gasteiger partial charge in [-0.25, -0.2) is 9.59 Å². The first-order valence-electron chi connectivity index (χ1n) is 5.89. The van der Waals surface area contributed by atoms with Gasteiger partial charge >= 0.3 is 12.2 Å². The van der Waals surface area contributed by atoms with Crippen LogP contribution >= 0.6 is 23.2 Å². The summed E-state index contributed by atoms with van der Waals surface area (Å²) in [7, 11) is 0. The number of azo groups is 1. The average molecular weight is 339 g/mol. The molecule has 112 valence electrons. The van der Waals surface area contributed by atoms with Crippen LogP contribution in [-0.2, 0) is 0 Å². The Morgan fingerprint density at radius 2 is 1.00 bits per heavy atom. The number of hydrogen-bond acceptors (Lipinski definition) is 4. The van der Waals surface area contributed by atoms with Crippen LogP contribution in [0.5, 0.6) is 11.5 Å². The summed E-state index contributed by atoms with van der Waals surface area (Å²) in [4.78, 5) is 22.7. The van der Waals surface area contributed by atoms with Crippen molar-refractivity contribution in [1.82, 2.24) is 0 Å². The predicted molar refractivity (Wildman–Crippen MR) is 79.8 cm³/mol. The van der Waals surface area contributed by atoms with E-state index in [9.17, 15) is 9.59 Å². The number of nitrogens with zero attached hydrogens (tertiary/aromatic N) is 2. The third-order valence-electron chi connectivity index (χ3n) is 2.25. The molecule has 0 radical (unpaired) electrons. The van der Waals surface area contributed by atoms with Gasteiger partial charge in [0.05, 0.1) is 0 Å². The molecule has 0 aliphatic rings. The fraction of sp³-hybridized carbons (Fsp3) is 0. The summed E-state index contributed by atoms with van der Waals surface area (Å²) in [5.74, 6) is 0.443. The van der Waals surface area contributed by atoms with E-state index in [-0.39, 0.29) is 11.5 Å². The van der Waals surface area contributed by atoms with Crippen molar-refractivity contribution in [1.29, 1.82) is 0 Å². The largest absolute Gasteiger partial charge is 0.458 e. The van der Waals surface area contributed by atoms with Crippen LogP contribution < -0.4 is 9.47 Å². The van der Waals surface area contributed by atoms with Gasteiger partial charge in [0.2, 0.25) is 0 Å². The fourth-order valence-corrected chi connectivity index (χ4v) is 1.58. The third kappa shape index (κ3) is 5.16. The molecule has 0 aliphatic heterocycles. The van der Waals surface area contributed by atoms with Crippen LogP contribution in [0.4, 0.5) is 9.59 Å². The number of halogens is 2. The van der Waals surface area contributed by atoms with Gasteiger partial charge in [0.25, 0.3) is 0 Å². The molecule has 2 amide bonds. The maximum atomic E-state index is 11.4. The summed E-state index contributed by atoms with van der Waals surface area (Å²) >= 11 is 11.4. The van der Waals surface area contributed by atoms with E-state index in [1.54, 1.807) is 0 Å². The molecule has 0 fully saturated rings. The van der Waals surface area contributed by atoms with Crippen molar-refractivity contribution >= 4 is 35.4 Å². The van der Waals surface area contributed by atoms with Gasteiger partial charge in [0.15, 0.2) is 0 Å². The Bertz CT molecular complexity index is 638. The van der Waals surface area contributed by atoms with Gasteiger partial charge < -0.3 is 9.47 Å². The summed E-state index contributed by atoms with van der Waals surface area (Å²) in [5, 5.41) is 7.16. The predicted octanol–water partition coefficient (Wildman–Crippen LogP) is 5.14. The van der Waals surface area contributed by atoms with Crippen molar-refractivity contribution in [2.75, 3.05) is 0 Å². The van der Waals surface area contributed by atoms with Gasteiger partial charge in [-0.15, -0.1) is 0 Å². The van der Waals surface area contributed by atoms with Crippen molar-refractivity contribution < 1.29 is 19.1 Å². The summed E-state index contributed by atoms with van der Waals surface area (Å²) in [6.45, 7) is 0. The zero-order chi connectivity index (χ0) is 15.9. The van der Waals surface area contributed by atoms with Gasteiger partial charge in [0.1, 0.15) is 11.5 Å². The molecule has 0 saturated heterocycles. The van der Waals surface area contributed by atoms with Gasteiger partial charge in [-0.2, -0.15) is 0 Å². The molecular weight excluding hydrogens is 331 g/mol. The van der Waals surface area contributed by atoms with E-state index in [2.05, 4.69) is 10.2 Å².